The number of hydrogen-bond acceptors (Lipinski definition) is 4. The fourth-order valence-electron chi connectivity index (χ4n) is 2.34. The van der Waals surface area contributed by atoms with Crippen LogP contribution in [-0.4, -0.2) is 44.5 Å². The van der Waals surface area contributed by atoms with Crippen molar-refractivity contribution in [3.63, 3.8) is 0 Å². The molecule has 0 bridgehead atoms. The standard InChI is InChI=1S/C13H14ClN3O2S/c14-12-10(17-6-7-20-13(17)15-12)3-4-11(19)16-5-1-2-9(18)8-16/h3-4,6-7,9,18H,1-2,5,8H2/b4-3+. The quantitative estimate of drug-likeness (QED) is 0.864. The smallest absolute Gasteiger partial charge is 0.246 e. The number of β-amino-alcohol motifs (C(OH)–C–C–N with tert-alkyl or cyclic N) is 1. The number of hydrogen-bond donors (Lipinski definition) is 1. The maximum Gasteiger partial charge on any atom is 0.246 e. The summed E-state index contributed by atoms with van der Waals surface area (Å²) in [5, 5.41) is 11.9. The van der Waals surface area contributed by atoms with Crippen molar-refractivity contribution in [3.05, 3.63) is 28.5 Å². The largest absolute Gasteiger partial charge is 0.391 e. The Bertz CT molecular complexity index is 664. The predicted molar refractivity (Wildman–Crippen MR) is 78.9 cm³/mol. The molecule has 1 aliphatic heterocycles. The Kier molecular flexibility index (Phi) is 3.78. The third-order valence-electron chi connectivity index (χ3n) is 3.35. The maximum absolute atomic E-state index is 12.1. The van der Waals surface area contributed by atoms with Crippen LogP contribution in [0, 0.1) is 0 Å². The molecule has 1 atom stereocenters. The van der Waals surface area contributed by atoms with Crippen molar-refractivity contribution in [3.8, 4) is 0 Å². The van der Waals surface area contributed by atoms with Gasteiger partial charge in [0.1, 0.15) is 0 Å². The second-order valence-electron chi connectivity index (χ2n) is 4.76. The van der Waals surface area contributed by atoms with E-state index in [1.807, 2.05) is 16.0 Å². The highest BCUT2D eigenvalue weighted by molar-refractivity contribution is 7.15. The zero-order valence-electron chi connectivity index (χ0n) is 10.7. The first-order valence-corrected chi connectivity index (χ1v) is 7.67. The fourth-order valence-corrected chi connectivity index (χ4v) is 3.34. The van der Waals surface area contributed by atoms with E-state index < -0.39 is 6.10 Å². The Morgan fingerprint density at radius 2 is 2.45 bits per heavy atom. The Labute approximate surface area is 125 Å². The van der Waals surface area contributed by atoms with Gasteiger partial charge in [0.05, 0.1) is 11.8 Å². The van der Waals surface area contributed by atoms with Crippen molar-refractivity contribution in [1.29, 1.82) is 0 Å². The summed E-state index contributed by atoms with van der Waals surface area (Å²) >= 11 is 7.55. The minimum atomic E-state index is -0.414. The third kappa shape index (κ3) is 2.59. The van der Waals surface area contributed by atoms with Crippen LogP contribution >= 0.6 is 22.9 Å². The number of carbonyl (C=O) groups excluding carboxylic acids is 1. The van der Waals surface area contributed by atoms with Crippen LogP contribution in [0.2, 0.25) is 5.15 Å². The molecule has 0 aliphatic carbocycles. The zero-order valence-corrected chi connectivity index (χ0v) is 12.3. The second-order valence-corrected chi connectivity index (χ2v) is 5.99. The van der Waals surface area contributed by atoms with Crippen molar-refractivity contribution >= 4 is 39.9 Å². The minimum absolute atomic E-state index is 0.106. The lowest BCUT2D eigenvalue weighted by Gasteiger charge is -2.29. The monoisotopic (exact) mass is 311 g/mol. The number of imidazole rings is 1. The second kappa shape index (κ2) is 5.55. The highest BCUT2D eigenvalue weighted by Crippen LogP contribution is 2.22. The lowest BCUT2D eigenvalue weighted by Crippen LogP contribution is -2.41. The van der Waals surface area contributed by atoms with E-state index in [9.17, 15) is 9.90 Å². The molecule has 5 nitrogen and oxygen atoms in total. The third-order valence-corrected chi connectivity index (χ3v) is 4.38. The van der Waals surface area contributed by atoms with Gasteiger partial charge in [-0.3, -0.25) is 9.20 Å². The lowest BCUT2D eigenvalue weighted by molar-refractivity contribution is -0.128. The van der Waals surface area contributed by atoms with Crippen molar-refractivity contribution in [2.75, 3.05) is 13.1 Å². The molecule has 106 valence electrons. The van der Waals surface area contributed by atoms with Gasteiger partial charge in [-0.05, 0) is 18.9 Å². The summed E-state index contributed by atoms with van der Waals surface area (Å²) in [4.78, 5) is 18.7. The van der Waals surface area contributed by atoms with Crippen LogP contribution in [0.5, 0.6) is 0 Å². The Morgan fingerprint density at radius 3 is 3.25 bits per heavy atom. The van der Waals surface area contributed by atoms with Gasteiger partial charge in [-0.25, -0.2) is 4.98 Å². The first-order valence-electron chi connectivity index (χ1n) is 6.41. The number of aliphatic hydroxyl groups is 1. The zero-order chi connectivity index (χ0) is 14.1. The normalized spacial score (nSPS) is 20.1. The average Bonchev–Trinajstić information content (AvgIpc) is 2.97. The van der Waals surface area contributed by atoms with E-state index in [1.54, 1.807) is 11.0 Å². The van der Waals surface area contributed by atoms with Crippen LogP contribution in [0.25, 0.3) is 11.0 Å². The molecule has 0 saturated carbocycles. The molecule has 2 aromatic heterocycles. The van der Waals surface area contributed by atoms with Crippen molar-refractivity contribution < 1.29 is 9.90 Å². The van der Waals surface area contributed by atoms with Gasteiger partial charge in [0.25, 0.3) is 0 Å². The van der Waals surface area contributed by atoms with E-state index in [0.717, 1.165) is 17.8 Å². The lowest BCUT2D eigenvalue weighted by atomic mass is 10.1. The number of thiazole rings is 1. The molecule has 3 heterocycles. The van der Waals surface area contributed by atoms with Gasteiger partial charge in [0, 0.05) is 30.7 Å². The van der Waals surface area contributed by atoms with E-state index in [2.05, 4.69) is 4.98 Å². The first kappa shape index (κ1) is 13.6. The first-order chi connectivity index (χ1) is 9.65. The number of halogens is 1. The number of carbonyl (C=O) groups is 1. The molecule has 1 unspecified atom stereocenters. The van der Waals surface area contributed by atoms with Crippen LogP contribution in [-0.2, 0) is 4.79 Å². The molecular weight excluding hydrogens is 298 g/mol. The van der Waals surface area contributed by atoms with Crippen LogP contribution in [0.4, 0.5) is 0 Å². The summed E-state index contributed by atoms with van der Waals surface area (Å²) in [6.07, 6.45) is 6.22. The highest BCUT2D eigenvalue weighted by atomic mass is 35.5. The minimum Gasteiger partial charge on any atom is -0.391 e. The summed E-state index contributed by atoms with van der Waals surface area (Å²) in [5.74, 6) is -0.106. The molecule has 1 amide bonds. The molecule has 1 saturated heterocycles. The molecule has 0 radical (unpaired) electrons. The van der Waals surface area contributed by atoms with Crippen molar-refractivity contribution in [2.45, 2.75) is 18.9 Å². The molecule has 20 heavy (non-hydrogen) atoms. The number of aromatic nitrogens is 2. The number of rotatable bonds is 2. The van der Waals surface area contributed by atoms with Crippen LogP contribution < -0.4 is 0 Å². The number of aliphatic hydroxyl groups excluding tert-OH is 1. The molecule has 7 heteroatoms. The van der Waals surface area contributed by atoms with Gasteiger partial charge in [-0.1, -0.05) is 11.6 Å². The van der Waals surface area contributed by atoms with Crippen molar-refractivity contribution in [1.82, 2.24) is 14.3 Å². The molecule has 2 aromatic rings. The van der Waals surface area contributed by atoms with Gasteiger partial charge in [0.2, 0.25) is 5.91 Å². The average molecular weight is 312 g/mol. The topological polar surface area (TPSA) is 57.8 Å². The van der Waals surface area contributed by atoms with Crippen LogP contribution in [0.1, 0.15) is 18.5 Å². The summed E-state index contributed by atoms with van der Waals surface area (Å²) in [7, 11) is 0. The Balaban J connectivity index is 1.78. The summed E-state index contributed by atoms with van der Waals surface area (Å²) in [5.41, 5.74) is 0.703. The fraction of sp³-hybridized carbons (Fsp3) is 0.385. The van der Waals surface area contributed by atoms with Gasteiger partial charge in [-0.15, -0.1) is 11.3 Å². The molecule has 0 aromatic carbocycles. The number of likely N-dealkylation sites (tertiary alicyclic amines) is 1. The van der Waals surface area contributed by atoms with E-state index in [0.29, 0.717) is 23.9 Å². The van der Waals surface area contributed by atoms with Crippen LogP contribution in [0.3, 0.4) is 0 Å². The number of amides is 1. The molecule has 1 fully saturated rings. The molecule has 0 spiro atoms. The predicted octanol–water partition coefficient (Wildman–Crippen LogP) is 2.05. The summed E-state index contributed by atoms with van der Waals surface area (Å²) in [6.45, 7) is 1.09. The molecule has 1 aliphatic rings. The van der Waals surface area contributed by atoms with Crippen molar-refractivity contribution in [2.24, 2.45) is 0 Å². The van der Waals surface area contributed by atoms with E-state index in [1.165, 1.54) is 17.4 Å². The molecule has 1 N–H and O–H groups in total. The van der Waals surface area contributed by atoms with Gasteiger partial charge in [-0.2, -0.15) is 0 Å². The number of fused-ring (bicyclic) bond motifs is 1. The van der Waals surface area contributed by atoms with E-state index in [-0.39, 0.29) is 5.91 Å². The number of nitrogens with zero attached hydrogens (tertiary/aromatic N) is 3. The Morgan fingerprint density at radius 1 is 1.60 bits per heavy atom. The summed E-state index contributed by atoms with van der Waals surface area (Å²) in [6, 6.07) is 0. The van der Waals surface area contributed by atoms with E-state index in [4.69, 9.17) is 11.6 Å². The molecular formula is C13H14ClN3O2S. The molecule has 3 rings (SSSR count). The van der Waals surface area contributed by atoms with E-state index >= 15 is 0 Å². The van der Waals surface area contributed by atoms with Gasteiger partial charge < -0.3 is 10.0 Å². The number of piperidine rings is 1. The Hall–Kier alpha value is -1.37. The maximum atomic E-state index is 12.1. The van der Waals surface area contributed by atoms with Crippen LogP contribution in [0.15, 0.2) is 17.7 Å². The highest BCUT2D eigenvalue weighted by Gasteiger charge is 2.20. The van der Waals surface area contributed by atoms with Gasteiger partial charge in [0.15, 0.2) is 10.1 Å². The summed E-state index contributed by atoms with van der Waals surface area (Å²) < 4.78 is 1.85. The van der Waals surface area contributed by atoms with Gasteiger partial charge >= 0.3 is 0 Å². The SMILES string of the molecule is O=C(/C=C/c1c(Cl)nc2sccn12)N1CCCC(O)C1.